The molecular formula is C14H29NO5Si. The van der Waals surface area contributed by atoms with E-state index >= 15 is 0 Å². The van der Waals surface area contributed by atoms with E-state index in [9.17, 15) is 14.7 Å². The molecule has 0 fully saturated rings. The second-order valence-electron chi connectivity index (χ2n) is 7.59. The molecule has 21 heavy (non-hydrogen) atoms. The number of hydrogen-bond acceptors (Lipinski definition) is 4. The van der Waals surface area contributed by atoms with Crippen LogP contribution in [0.5, 0.6) is 0 Å². The molecule has 0 radical (unpaired) electrons. The minimum absolute atomic E-state index is 0.105. The van der Waals surface area contributed by atoms with Gasteiger partial charge in [0.2, 0.25) is 0 Å². The van der Waals surface area contributed by atoms with Crippen molar-refractivity contribution in [3.63, 3.8) is 0 Å². The average molecular weight is 319 g/mol. The van der Waals surface area contributed by atoms with E-state index in [4.69, 9.17) is 9.16 Å². The molecule has 0 saturated carbocycles. The molecule has 2 N–H and O–H groups in total. The van der Waals surface area contributed by atoms with Crippen LogP contribution in [0.15, 0.2) is 0 Å². The van der Waals surface area contributed by atoms with E-state index < -0.39 is 32.1 Å². The first-order valence-electron chi connectivity index (χ1n) is 7.03. The average Bonchev–Trinajstić information content (AvgIpc) is 2.19. The van der Waals surface area contributed by atoms with Crippen LogP contribution in [0.4, 0.5) is 4.79 Å². The van der Waals surface area contributed by atoms with Crippen molar-refractivity contribution in [1.29, 1.82) is 0 Å². The van der Waals surface area contributed by atoms with Crippen molar-refractivity contribution in [3.8, 4) is 0 Å². The maximum absolute atomic E-state index is 11.6. The molecule has 0 spiro atoms. The number of carboxylic acid groups (broad SMARTS) is 1. The van der Waals surface area contributed by atoms with Crippen molar-refractivity contribution < 1.29 is 23.9 Å². The van der Waals surface area contributed by atoms with Crippen LogP contribution in [0.2, 0.25) is 18.1 Å². The van der Waals surface area contributed by atoms with Gasteiger partial charge in [0.25, 0.3) is 0 Å². The molecule has 1 atom stereocenters. The van der Waals surface area contributed by atoms with Gasteiger partial charge >= 0.3 is 12.1 Å². The second kappa shape index (κ2) is 6.78. The molecule has 0 aliphatic heterocycles. The van der Waals surface area contributed by atoms with Crippen LogP contribution in [-0.2, 0) is 14.0 Å². The van der Waals surface area contributed by atoms with Gasteiger partial charge in [0.15, 0.2) is 14.4 Å². The summed E-state index contributed by atoms with van der Waals surface area (Å²) in [6, 6.07) is 0. The Hall–Kier alpha value is -1.08. The lowest BCUT2D eigenvalue weighted by Gasteiger charge is -2.38. The maximum Gasteiger partial charge on any atom is 0.407 e. The zero-order valence-corrected chi connectivity index (χ0v) is 15.4. The van der Waals surface area contributed by atoms with Gasteiger partial charge in [0.1, 0.15) is 5.60 Å². The SMILES string of the molecule is CC(C)(C)OC(=O)NC[C@H](O[Si](C)(C)C(C)(C)C)C(=O)O. The normalized spacial score (nSPS) is 14.5. The highest BCUT2D eigenvalue weighted by Gasteiger charge is 2.40. The number of hydrogen-bond donors (Lipinski definition) is 2. The van der Waals surface area contributed by atoms with Crippen LogP contribution in [0.25, 0.3) is 0 Å². The monoisotopic (exact) mass is 319 g/mol. The molecule has 0 rings (SSSR count). The van der Waals surface area contributed by atoms with E-state index in [0.717, 1.165) is 0 Å². The van der Waals surface area contributed by atoms with Crippen LogP contribution in [0.3, 0.4) is 0 Å². The first kappa shape index (κ1) is 19.9. The number of rotatable bonds is 5. The van der Waals surface area contributed by atoms with E-state index in [1.54, 1.807) is 20.8 Å². The topological polar surface area (TPSA) is 84.9 Å². The highest BCUT2D eigenvalue weighted by molar-refractivity contribution is 6.74. The minimum Gasteiger partial charge on any atom is -0.479 e. The minimum atomic E-state index is -2.22. The molecule has 0 bridgehead atoms. The van der Waals surface area contributed by atoms with Gasteiger partial charge in [-0.25, -0.2) is 9.59 Å². The fourth-order valence-electron chi connectivity index (χ4n) is 1.20. The zero-order chi connectivity index (χ0) is 17.1. The Kier molecular flexibility index (Phi) is 6.43. The summed E-state index contributed by atoms with van der Waals surface area (Å²) in [5.41, 5.74) is -0.622. The molecule has 0 heterocycles. The van der Waals surface area contributed by atoms with E-state index in [0.29, 0.717) is 0 Å². The molecule has 0 aromatic rings. The number of amides is 1. The van der Waals surface area contributed by atoms with Gasteiger partial charge in [0, 0.05) is 0 Å². The van der Waals surface area contributed by atoms with E-state index in [2.05, 4.69) is 5.32 Å². The fourth-order valence-corrected chi connectivity index (χ4v) is 2.45. The molecule has 1 amide bonds. The third-order valence-corrected chi connectivity index (χ3v) is 7.84. The Morgan fingerprint density at radius 2 is 1.62 bits per heavy atom. The molecule has 7 heteroatoms. The molecule has 0 aliphatic rings. The highest BCUT2D eigenvalue weighted by Crippen LogP contribution is 2.37. The molecule has 0 unspecified atom stereocenters. The van der Waals surface area contributed by atoms with Crippen LogP contribution >= 0.6 is 0 Å². The summed E-state index contributed by atoms with van der Waals surface area (Å²) in [4.78, 5) is 22.9. The second-order valence-corrected chi connectivity index (χ2v) is 12.3. The lowest BCUT2D eigenvalue weighted by Crippen LogP contribution is -2.50. The first-order chi connectivity index (χ1) is 9.16. The summed E-state index contributed by atoms with van der Waals surface area (Å²) in [5.74, 6) is -1.09. The van der Waals surface area contributed by atoms with Crippen LogP contribution < -0.4 is 5.32 Å². The summed E-state index contributed by atoms with van der Waals surface area (Å²) in [6.07, 6.45) is -1.72. The smallest absolute Gasteiger partial charge is 0.407 e. The van der Waals surface area contributed by atoms with Gasteiger partial charge in [-0.15, -0.1) is 0 Å². The Morgan fingerprint density at radius 3 is 1.95 bits per heavy atom. The van der Waals surface area contributed by atoms with Gasteiger partial charge in [-0.2, -0.15) is 0 Å². The van der Waals surface area contributed by atoms with Crippen molar-refractivity contribution in [2.24, 2.45) is 0 Å². The summed E-state index contributed by atoms with van der Waals surface area (Å²) >= 11 is 0. The summed E-state index contributed by atoms with van der Waals surface area (Å²) in [6.45, 7) is 15.1. The molecular weight excluding hydrogens is 290 g/mol. The standard InChI is InChI=1S/C14H29NO5Si/c1-13(2,3)19-12(18)15-9-10(11(16)17)20-21(7,8)14(4,5)6/h10H,9H2,1-8H3,(H,15,18)(H,16,17)/t10-/m0/s1. The summed E-state index contributed by atoms with van der Waals surface area (Å²) in [7, 11) is -2.22. The molecule has 0 aromatic heterocycles. The van der Waals surface area contributed by atoms with Crippen molar-refractivity contribution in [2.75, 3.05) is 6.54 Å². The molecule has 0 aliphatic carbocycles. The van der Waals surface area contributed by atoms with Crippen LogP contribution in [0.1, 0.15) is 41.5 Å². The maximum atomic E-state index is 11.6. The van der Waals surface area contributed by atoms with Gasteiger partial charge in [-0.05, 0) is 38.9 Å². The van der Waals surface area contributed by atoms with E-state index in [-0.39, 0.29) is 11.6 Å². The Labute approximate surface area is 128 Å². The number of carbonyl (C=O) groups excluding carboxylic acids is 1. The quantitative estimate of drug-likeness (QED) is 0.761. The van der Waals surface area contributed by atoms with E-state index in [1.807, 2.05) is 33.9 Å². The van der Waals surface area contributed by atoms with Crippen molar-refractivity contribution >= 4 is 20.4 Å². The molecule has 0 aromatic carbocycles. The van der Waals surface area contributed by atoms with Gasteiger partial charge < -0.3 is 19.6 Å². The number of aliphatic carboxylic acids is 1. The zero-order valence-electron chi connectivity index (χ0n) is 14.4. The predicted octanol–water partition coefficient (Wildman–Crippen LogP) is 2.99. The van der Waals surface area contributed by atoms with Gasteiger partial charge in [-0.3, -0.25) is 0 Å². The fraction of sp³-hybridized carbons (Fsp3) is 0.857. The van der Waals surface area contributed by atoms with E-state index in [1.165, 1.54) is 0 Å². The number of carboxylic acids is 1. The van der Waals surface area contributed by atoms with Gasteiger partial charge in [0.05, 0.1) is 6.54 Å². The van der Waals surface area contributed by atoms with Crippen LogP contribution in [-0.4, -0.2) is 43.7 Å². The number of alkyl carbamates (subject to hydrolysis) is 1. The summed E-state index contributed by atoms with van der Waals surface area (Å²) in [5, 5.41) is 11.6. The summed E-state index contributed by atoms with van der Waals surface area (Å²) < 4.78 is 10.9. The largest absolute Gasteiger partial charge is 0.479 e. The molecule has 6 nitrogen and oxygen atoms in total. The lowest BCUT2D eigenvalue weighted by molar-refractivity contribution is -0.145. The number of carbonyl (C=O) groups is 2. The first-order valence-corrected chi connectivity index (χ1v) is 9.94. The lowest BCUT2D eigenvalue weighted by atomic mass is 10.2. The van der Waals surface area contributed by atoms with Crippen molar-refractivity contribution in [1.82, 2.24) is 5.32 Å². The van der Waals surface area contributed by atoms with Gasteiger partial charge in [-0.1, -0.05) is 20.8 Å². The Balaban J connectivity index is 4.67. The number of ether oxygens (including phenoxy) is 1. The highest BCUT2D eigenvalue weighted by atomic mass is 28.4. The third-order valence-electron chi connectivity index (χ3n) is 3.35. The van der Waals surface area contributed by atoms with Crippen molar-refractivity contribution in [2.45, 2.75) is 71.4 Å². The Bertz CT molecular complexity index is 382. The number of nitrogens with one attached hydrogen (secondary N) is 1. The van der Waals surface area contributed by atoms with Crippen molar-refractivity contribution in [3.05, 3.63) is 0 Å². The molecule has 124 valence electrons. The predicted molar refractivity (Wildman–Crippen MR) is 83.9 cm³/mol. The third kappa shape index (κ3) is 7.47. The molecule has 0 saturated heterocycles. The Morgan fingerprint density at radius 1 is 1.14 bits per heavy atom. The van der Waals surface area contributed by atoms with Crippen LogP contribution in [0, 0.1) is 0 Å².